The number of carbonyl (C=O) groups excluding carboxylic acids is 1. The zero-order valence-corrected chi connectivity index (χ0v) is 9.61. The molecular formula is C11H21N3O2. The Morgan fingerprint density at radius 3 is 2.69 bits per heavy atom. The van der Waals surface area contributed by atoms with Gasteiger partial charge in [0.2, 0.25) is 5.91 Å². The minimum atomic E-state index is -0.0165. The third-order valence-corrected chi connectivity index (χ3v) is 3.10. The van der Waals surface area contributed by atoms with Gasteiger partial charge in [0.15, 0.2) is 5.84 Å². The van der Waals surface area contributed by atoms with Crippen LogP contribution in [0.15, 0.2) is 5.16 Å². The summed E-state index contributed by atoms with van der Waals surface area (Å²) in [5.74, 6) is 0.728. The van der Waals surface area contributed by atoms with Crippen LogP contribution < -0.4 is 11.1 Å². The van der Waals surface area contributed by atoms with Crippen LogP contribution in [0.4, 0.5) is 0 Å². The number of hydrogen-bond donors (Lipinski definition) is 3. The van der Waals surface area contributed by atoms with E-state index in [1.54, 1.807) is 0 Å². The Labute approximate surface area is 96.1 Å². The summed E-state index contributed by atoms with van der Waals surface area (Å²) in [6, 6.07) is 0. The molecule has 0 bridgehead atoms. The number of nitrogens with one attached hydrogen (secondary N) is 1. The third-order valence-electron chi connectivity index (χ3n) is 3.10. The second-order valence-electron chi connectivity index (χ2n) is 4.41. The third kappa shape index (κ3) is 5.00. The fourth-order valence-electron chi connectivity index (χ4n) is 2.12. The molecule has 1 saturated carbocycles. The lowest BCUT2D eigenvalue weighted by Crippen LogP contribution is -2.33. The summed E-state index contributed by atoms with van der Waals surface area (Å²) in [6.45, 7) is 0.125. The van der Waals surface area contributed by atoms with Gasteiger partial charge in [0, 0.05) is 6.42 Å². The van der Waals surface area contributed by atoms with Crippen molar-refractivity contribution in [1.29, 1.82) is 0 Å². The zero-order chi connectivity index (χ0) is 11.8. The van der Waals surface area contributed by atoms with Crippen LogP contribution in [0.5, 0.6) is 0 Å². The highest BCUT2D eigenvalue weighted by Gasteiger charge is 2.14. The minimum absolute atomic E-state index is 0.0165. The average molecular weight is 227 g/mol. The molecule has 0 saturated heterocycles. The highest BCUT2D eigenvalue weighted by molar-refractivity contribution is 5.86. The normalized spacial score (nSPS) is 18.4. The molecule has 0 spiro atoms. The quantitative estimate of drug-likeness (QED) is 0.285. The van der Waals surface area contributed by atoms with Gasteiger partial charge in [0.05, 0.1) is 6.54 Å². The number of oxime groups is 1. The molecule has 4 N–H and O–H groups in total. The van der Waals surface area contributed by atoms with E-state index in [0.29, 0.717) is 12.3 Å². The van der Waals surface area contributed by atoms with Crippen molar-refractivity contribution < 1.29 is 10.0 Å². The van der Waals surface area contributed by atoms with Gasteiger partial charge in [-0.2, -0.15) is 0 Å². The van der Waals surface area contributed by atoms with Crippen LogP contribution in [-0.2, 0) is 4.79 Å². The molecule has 1 rings (SSSR count). The van der Waals surface area contributed by atoms with Crippen LogP contribution in [0, 0.1) is 5.92 Å². The van der Waals surface area contributed by atoms with Crippen molar-refractivity contribution in [3.8, 4) is 0 Å². The van der Waals surface area contributed by atoms with E-state index in [4.69, 9.17) is 10.9 Å². The molecule has 0 radical (unpaired) electrons. The maximum Gasteiger partial charge on any atom is 0.220 e. The monoisotopic (exact) mass is 227 g/mol. The lowest BCUT2D eigenvalue weighted by atomic mass is 9.86. The Bertz CT molecular complexity index is 248. The van der Waals surface area contributed by atoms with E-state index < -0.39 is 0 Å². The summed E-state index contributed by atoms with van der Waals surface area (Å²) in [5.41, 5.74) is 5.25. The van der Waals surface area contributed by atoms with Gasteiger partial charge in [0.1, 0.15) is 0 Å². The zero-order valence-electron chi connectivity index (χ0n) is 9.61. The lowest BCUT2D eigenvalue weighted by Gasteiger charge is -2.20. The maximum absolute atomic E-state index is 11.4. The van der Waals surface area contributed by atoms with Crippen LogP contribution in [0.2, 0.25) is 0 Å². The molecule has 0 aromatic carbocycles. The Morgan fingerprint density at radius 1 is 1.38 bits per heavy atom. The number of nitrogens with zero attached hydrogens (tertiary/aromatic N) is 1. The summed E-state index contributed by atoms with van der Waals surface area (Å²) in [6.07, 6.45) is 7.96. The summed E-state index contributed by atoms with van der Waals surface area (Å²) in [5, 5.41) is 13.7. The fraction of sp³-hybridized carbons (Fsp3) is 0.818. The number of amides is 1. The van der Waals surface area contributed by atoms with Gasteiger partial charge >= 0.3 is 0 Å². The minimum Gasteiger partial charge on any atom is -0.409 e. The van der Waals surface area contributed by atoms with E-state index in [0.717, 1.165) is 6.42 Å². The SMILES string of the molecule is N/C(CNC(=O)CCC1CCCCC1)=N/O. The van der Waals surface area contributed by atoms with Gasteiger partial charge in [-0.05, 0) is 12.3 Å². The van der Waals surface area contributed by atoms with Crippen LogP contribution >= 0.6 is 0 Å². The molecule has 1 aliphatic rings. The second kappa shape index (κ2) is 7.09. The van der Waals surface area contributed by atoms with Crippen molar-refractivity contribution in [2.75, 3.05) is 6.54 Å². The predicted molar refractivity (Wildman–Crippen MR) is 62.2 cm³/mol. The smallest absolute Gasteiger partial charge is 0.220 e. The second-order valence-corrected chi connectivity index (χ2v) is 4.41. The van der Waals surface area contributed by atoms with Crippen molar-refractivity contribution in [3.63, 3.8) is 0 Å². The number of rotatable bonds is 5. The highest BCUT2D eigenvalue weighted by Crippen LogP contribution is 2.26. The van der Waals surface area contributed by atoms with E-state index in [-0.39, 0.29) is 18.3 Å². The largest absolute Gasteiger partial charge is 0.409 e. The first kappa shape index (κ1) is 12.8. The number of hydrogen-bond acceptors (Lipinski definition) is 3. The van der Waals surface area contributed by atoms with Crippen molar-refractivity contribution >= 4 is 11.7 Å². The topological polar surface area (TPSA) is 87.7 Å². The van der Waals surface area contributed by atoms with E-state index in [2.05, 4.69) is 10.5 Å². The van der Waals surface area contributed by atoms with Crippen molar-refractivity contribution in [3.05, 3.63) is 0 Å². The van der Waals surface area contributed by atoms with E-state index in [1.807, 2.05) is 0 Å². The van der Waals surface area contributed by atoms with Gasteiger partial charge in [-0.25, -0.2) is 0 Å². The standard InChI is InChI=1S/C11H21N3O2/c12-10(14-16)8-13-11(15)7-6-9-4-2-1-3-5-9/h9,16H,1-8H2,(H2,12,14)(H,13,15). The van der Waals surface area contributed by atoms with Crippen molar-refractivity contribution in [2.45, 2.75) is 44.9 Å². The first-order chi connectivity index (χ1) is 7.72. The summed E-state index contributed by atoms with van der Waals surface area (Å²) >= 11 is 0. The highest BCUT2D eigenvalue weighted by atomic mass is 16.4. The fourth-order valence-corrected chi connectivity index (χ4v) is 2.12. The average Bonchev–Trinajstić information content (AvgIpc) is 2.34. The predicted octanol–water partition coefficient (Wildman–Crippen LogP) is 1.21. The first-order valence-corrected chi connectivity index (χ1v) is 5.95. The summed E-state index contributed by atoms with van der Waals surface area (Å²) < 4.78 is 0. The molecular weight excluding hydrogens is 206 g/mol. The number of carbonyl (C=O) groups is 1. The Kier molecular flexibility index (Phi) is 5.67. The molecule has 0 aromatic heterocycles. The molecule has 1 aliphatic carbocycles. The maximum atomic E-state index is 11.4. The van der Waals surface area contributed by atoms with E-state index in [9.17, 15) is 4.79 Å². The van der Waals surface area contributed by atoms with Crippen LogP contribution in [0.25, 0.3) is 0 Å². The van der Waals surface area contributed by atoms with Gasteiger partial charge in [-0.3, -0.25) is 4.79 Å². The molecule has 16 heavy (non-hydrogen) atoms. The van der Waals surface area contributed by atoms with Crippen molar-refractivity contribution in [2.24, 2.45) is 16.8 Å². The molecule has 1 amide bonds. The molecule has 5 nitrogen and oxygen atoms in total. The molecule has 0 atom stereocenters. The van der Waals surface area contributed by atoms with Gasteiger partial charge in [-0.15, -0.1) is 0 Å². The van der Waals surface area contributed by atoms with Crippen LogP contribution in [0.1, 0.15) is 44.9 Å². The first-order valence-electron chi connectivity index (χ1n) is 5.95. The Balaban J connectivity index is 2.09. The molecule has 0 aromatic rings. The molecule has 92 valence electrons. The van der Waals surface area contributed by atoms with Gasteiger partial charge in [0.25, 0.3) is 0 Å². The number of nitrogens with two attached hydrogens (primary N) is 1. The molecule has 5 heteroatoms. The molecule has 0 heterocycles. The van der Waals surface area contributed by atoms with Gasteiger partial charge in [-0.1, -0.05) is 37.3 Å². The summed E-state index contributed by atoms with van der Waals surface area (Å²) in [7, 11) is 0. The number of amidine groups is 1. The summed E-state index contributed by atoms with van der Waals surface area (Å²) in [4.78, 5) is 11.4. The van der Waals surface area contributed by atoms with E-state index in [1.165, 1.54) is 32.1 Å². The Hall–Kier alpha value is -1.26. The molecule has 0 aliphatic heterocycles. The van der Waals surface area contributed by atoms with E-state index >= 15 is 0 Å². The van der Waals surface area contributed by atoms with Crippen LogP contribution in [0.3, 0.4) is 0 Å². The van der Waals surface area contributed by atoms with Gasteiger partial charge < -0.3 is 16.3 Å². The molecule has 0 unspecified atom stereocenters. The Morgan fingerprint density at radius 2 is 2.06 bits per heavy atom. The van der Waals surface area contributed by atoms with Crippen LogP contribution in [-0.4, -0.2) is 23.5 Å². The van der Waals surface area contributed by atoms with Crippen molar-refractivity contribution in [1.82, 2.24) is 5.32 Å². The lowest BCUT2D eigenvalue weighted by molar-refractivity contribution is -0.121. The molecule has 1 fully saturated rings.